The molecule has 1 fully saturated rings. The molecule has 0 unspecified atom stereocenters. The van der Waals surface area contributed by atoms with Crippen LogP contribution in [0.3, 0.4) is 0 Å². The molecule has 0 atom stereocenters. The highest BCUT2D eigenvalue weighted by Gasteiger charge is 2.16. The number of hydrogen-bond donors (Lipinski definition) is 2. The van der Waals surface area contributed by atoms with Gasteiger partial charge in [0.2, 0.25) is 5.91 Å². The molecule has 20 heavy (non-hydrogen) atoms. The molecule has 0 radical (unpaired) electrons. The number of nitro groups is 1. The summed E-state index contributed by atoms with van der Waals surface area (Å²) in [6.45, 7) is 1.55. The van der Waals surface area contributed by atoms with E-state index < -0.39 is 4.92 Å². The molecule has 1 aliphatic heterocycles. The lowest BCUT2D eigenvalue weighted by atomic mass is 10.1. The van der Waals surface area contributed by atoms with Gasteiger partial charge in [-0.3, -0.25) is 14.9 Å². The fourth-order valence-electron chi connectivity index (χ4n) is 1.51. The third-order valence-corrected chi connectivity index (χ3v) is 3.32. The monoisotopic (exact) mass is 294 g/mol. The first kappa shape index (κ1) is 14.0. The van der Waals surface area contributed by atoms with Gasteiger partial charge in [0.25, 0.3) is 5.69 Å². The standard InChI is InChI=1S/C11H10N4O4S/c1-6-2-8(15(18)19)3-7(10(6)17)4-12-14-11-13-9(16)5-20-11/h2-4,17H,5H2,1H3,(H,13,14,16). The maximum Gasteiger partial charge on any atom is 0.270 e. The van der Waals surface area contributed by atoms with Crippen LogP contribution in [0.25, 0.3) is 0 Å². The Hall–Kier alpha value is -2.42. The molecule has 0 aromatic heterocycles. The summed E-state index contributed by atoms with van der Waals surface area (Å²) in [5, 5.41) is 30.8. The molecule has 2 rings (SSSR count). The number of rotatable bonds is 3. The first-order valence-electron chi connectivity index (χ1n) is 5.49. The van der Waals surface area contributed by atoms with Gasteiger partial charge in [-0.25, -0.2) is 0 Å². The van der Waals surface area contributed by atoms with Crippen LogP contribution in [0.15, 0.2) is 22.3 Å². The first-order chi connectivity index (χ1) is 9.47. The lowest BCUT2D eigenvalue weighted by Crippen LogP contribution is -2.19. The molecule has 104 valence electrons. The number of non-ortho nitro benzene ring substituents is 1. The zero-order valence-electron chi connectivity index (χ0n) is 10.4. The van der Waals surface area contributed by atoms with E-state index in [4.69, 9.17) is 0 Å². The van der Waals surface area contributed by atoms with Crippen molar-refractivity contribution in [3.63, 3.8) is 0 Å². The number of hydrogen-bond acceptors (Lipinski definition) is 7. The fraction of sp³-hybridized carbons (Fsp3) is 0.182. The minimum absolute atomic E-state index is 0.0948. The number of phenols is 1. The number of amidine groups is 1. The Balaban J connectivity index is 2.24. The van der Waals surface area contributed by atoms with E-state index in [9.17, 15) is 20.0 Å². The van der Waals surface area contributed by atoms with Gasteiger partial charge in [0.1, 0.15) is 5.75 Å². The number of nitrogens with zero attached hydrogens (tertiary/aromatic N) is 3. The second-order valence-corrected chi connectivity index (χ2v) is 4.91. The number of benzene rings is 1. The van der Waals surface area contributed by atoms with Gasteiger partial charge in [0.15, 0.2) is 5.17 Å². The molecule has 1 aromatic carbocycles. The first-order valence-corrected chi connectivity index (χ1v) is 6.47. The quantitative estimate of drug-likeness (QED) is 0.493. The summed E-state index contributed by atoms with van der Waals surface area (Å²) in [5.74, 6) is 0.0378. The van der Waals surface area contributed by atoms with E-state index in [1.807, 2.05) is 0 Å². The number of amides is 1. The molecule has 0 spiro atoms. The average molecular weight is 294 g/mol. The maximum absolute atomic E-state index is 10.9. The normalized spacial score (nSPS) is 16.9. The summed E-state index contributed by atoms with van der Waals surface area (Å²) in [6.07, 6.45) is 1.20. The van der Waals surface area contributed by atoms with Crippen molar-refractivity contribution in [2.24, 2.45) is 10.2 Å². The lowest BCUT2D eigenvalue weighted by Gasteiger charge is -2.02. The highest BCUT2D eigenvalue weighted by atomic mass is 32.2. The van der Waals surface area contributed by atoms with Gasteiger partial charge in [0.05, 0.1) is 16.9 Å². The van der Waals surface area contributed by atoms with Crippen LogP contribution in [-0.4, -0.2) is 33.1 Å². The molecular formula is C11H10N4O4S. The highest BCUT2D eigenvalue weighted by Crippen LogP contribution is 2.26. The molecule has 0 aliphatic carbocycles. The van der Waals surface area contributed by atoms with Crippen molar-refractivity contribution in [2.45, 2.75) is 6.92 Å². The maximum atomic E-state index is 10.9. The average Bonchev–Trinajstić information content (AvgIpc) is 2.80. The van der Waals surface area contributed by atoms with E-state index in [1.54, 1.807) is 6.92 Å². The molecule has 0 saturated carbocycles. The van der Waals surface area contributed by atoms with Gasteiger partial charge in [-0.05, 0) is 12.5 Å². The van der Waals surface area contributed by atoms with Crippen molar-refractivity contribution in [1.29, 1.82) is 0 Å². The minimum atomic E-state index is -0.553. The summed E-state index contributed by atoms with van der Waals surface area (Å²) in [5.41, 5.74) is 0.421. The number of aryl methyl sites for hydroxylation is 1. The van der Waals surface area contributed by atoms with E-state index in [2.05, 4.69) is 15.5 Å². The Bertz CT molecular complexity index is 642. The lowest BCUT2D eigenvalue weighted by molar-refractivity contribution is -0.384. The summed E-state index contributed by atoms with van der Waals surface area (Å²) >= 11 is 1.21. The van der Waals surface area contributed by atoms with Crippen molar-refractivity contribution in [3.05, 3.63) is 33.4 Å². The van der Waals surface area contributed by atoms with Crippen LogP contribution < -0.4 is 5.32 Å². The number of phenolic OH excluding ortho intramolecular Hbond substituents is 1. The zero-order chi connectivity index (χ0) is 14.7. The molecular weight excluding hydrogens is 284 g/mol. The fourth-order valence-corrected chi connectivity index (χ4v) is 2.14. The molecule has 1 saturated heterocycles. The predicted molar refractivity (Wildman–Crippen MR) is 75.1 cm³/mol. The van der Waals surface area contributed by atoms with Crippen LogP contribution in [0.1, 0.15) is 11.1 Å². The molecule has 1 aliphatic rings. The molecule has 1 aromatic rings. The molecule has 0 bridgehead atoms. The van der Waals surface area contributed by atoms with E-state index >= 15 is 0 Å². The molecule has 1 amide bonds. The van der Waals surface area contributed by atoms with Gasteiger partial charge in [0, 0.05) is 17.7 Å². The van der Waals surface area contributed by atoms with Crippen molar-refractivity contribution >= 4 is 34.7 Å². The molecule has 2 N–H and O–H groups in total. The van der Waals surface area contributed by atoms with Crippen LogP contribution in [0.5, 0.6) is 5.75 Å². The largest absolute Gasteiger partial charge is 0.507 e. The second-order valence-electron chi connectivity index (χ2n) is 3.94. The number of thioether (sulfide) groups is 1. The van der Waals surface area contributed by atoms with Gasteiger partial charge in [-0.2, -0.15) is 5.10 Å². The number of carbonyl (C=O) groups is 1. The van der Waals surface area contributed by atoms with Crippen molar-refractivity contribution in [2.75, 3.05) is 5.75 Å². The van der Waals surface area contributed by atoms with E-state index in [0.717, 1.165) is 0 Å². The highest BCUT2D eigenvalue weighted by molar-refractivity contribution is 8.15. The number of nitro benzene ring substituents is 1. The van der Waals surface area contributed by atoms with Gasteiger partial charge in [-0.1, -0.05) is 11.8 Å². The number of carbonyl (C=O) groups excluding carboxylic acids is 1. The summed E-state index contributed by atoms with van der Waals surface area (Å²) in [7, 11) is 0. The van der Waals surface area contributed by atoms with Crippen molar-refractivity contribution in [1.82, 2.24) is 5.32 Å². The van der Waals surface area contributed by atoms with Crippen LogP contribution in [0.2, 0.25) is 0 Å². The van der Waals surface area contributed by atoms with Crippen molar-refractivity contribution in [3.8, 4) is 5.75 Å². The molecule has 9 heteroatoms. The van der Waals surface area contributed by atoms with Gasteiger partial charge < -0.3 is 10.4 Å². The Kier molecular flexibility index (Phi) is 3.99. The third kappa shape index (κ3) is 3.12. The topological polar surface area (TPSA) is 117 Å². The zero-order valence-corrected chi connectivity index (χ0v) is 11.2. The minimum Gasteiger partial charge on any atom is -0.507 e. The van der Waals surface area contributed by atoms with Crippen LogP contribution >= 0.6 is 11.8 Å². The Morgan fingerprint density at radius 3 is 2.90 bits per heavy atom. The number of aromatic hydroxyl groups is 1. The molecule has 8 nitrogen and oxygen atoms in total. The Morgan fingerprint density at radius 1 is 1.55 bits per heavy atom. The van der Waals surface area contributed by atoms with Gasteiger partial charge in [-0.15, -0.1) is 5.10 Å². The second kappa shape index (κ2) is 5.70. The van der Waals surface area contributed by atoms with Crippen LogP contribution in [0.4, 0.5) is 5.69 Å². The van der Waals surface area contributed by atoms with Crippen LogP contribution in [0, 0.1) is 17.0 Å². The summed E-state index contributed by atoms with van der Waals surface area (Å²) < 4.78 is 0. The van der Waals surface area contributed by atoms with E-state index in [0.29, 0.717) is 10.7 Å². The Morgan fingerprint density at radius 2 is 2.30 bits per heavy atom. The van der Waals surface area contributed by atoms with Crippen molar-refractivity contribution < 1.29 is 14.8 Å². The third-order valence-electron chi connectivity index (χ3n) is 2.46. The van der Waals surface area contributed by atoms with E-state index in [1.165, 1.54) is 30.1 Å². The van der Waals surface area contributed by atoms with Gasteiger partial charge >= 0.3 is 0 Å². The summed E-state index contributed by atoms with van der Waals surface area (Å²) in [6, 6.07) is 2.47. The molecule has 1 heterocycles. The predicted octanol–water partition coefficient (Wildman–Crippen LogP) is 1.16. The number of nitrogens with one attached hydrogen (secondary N) is 1. The SMILES string of the molecule is Cc1cc([N+](=O)[O-])cc(C=NN=C2NC(=O)CS2)c1O. The van der Waals surface area contributed by atoms with E-state index in [-0.39, 0.29) is 28.7 Å². The summed E-state index contributed by atoms with van der Waals surface area (Å²) in [4.78, 5) is 21.1. The Labute approximate surface area is 117 Å². The van der Waals surface area contributed by atoms with Crippen LogP contribution in [-0.2, 0) is 4.79 Å². The smallest absolute Gasteiger partial charge is 0.270 e.